The summed E-state index contributed by atoms with van der Waals surface area (Å²) in [5.41, 5.74) is 1.63. The van der Waals surface area contributed by atoms with E-state index in [0.717, 1.165) is 30.7 Å². The first kappa shape index (κ1) is 23.6. The number of halogens is 4. The van der Waals surface area contributed by atoms with Crippen molar-refractivity contribution in [2.24, 2.45) is 16.7 Å². The maximum Gasteiger partial charge on any atom is 0.324 e. The molecule has 0 aliphatic carbocycles. The molecule has 2 aromatic heterocycles. The molecular weight excluding hydrogens is 446 g/mol. The van der Waals surface area contributed by atoms with Crippen LogP contribution in [0.1, 0.15) is 21.6 Å². The number of rotatable bonds is 6. The standard InChI is InChI=1S/C20H12F4N2O3.CH5N3/c21-13-2-4-15(16(22)7-13)19(11-28-19)20(23,24)17-5-3-14(9-25-17)29-18-6-1-12(10-27)8-26-18;2-1-4-3/h1-10H,11H2;1H,3H2,(H2,2,4). The lowest BCUT2D eigenvalue weighted by Crippen LogP contribution is -2.34. The Hall–Kier alpha value is -4.06. The van der Waals surface area contributed by atoms with Gasteiger partial charge in [-0.15, -0.1) is 0 Å². The highest BCUT2D eigenvalue weighted by Gasteiger charge is 2.68. The lowest BCUT2D eigenvalue weighted by atomic mass is 9.90. The highest BCUT2D eigenvalue weighted by Crippen LogP contribution is 2.56. The van der Waals surface area contributed by atoms with Crippen molar-refractivity contribution in [1.29, 1.82) is 0 Å². The highest BCUT2D eigenvalue weighted by molar-refractivity contribution is 5.74. The Morgan fingerprint density at radius 2 is 1.85 bits per heavy atom. The van der Waals surface area contributed by atoms with Crippen LogP contribution in [0.3, 0.4) is 0 Å². The van der Waals surface area contributed by atoms with E-state index in [1.165, 1.54) is 24.4 Å². The molecule has 1 aliphatic rings. The van der Waals surface area contributed by atoms with Gasteiger partial charge in [-0.2, -0.15) is 13.9 Å². The van der Waals surface area contributed by atoms with Gasteiger partial charge in [-0.05, 0) is 30.3 Å². The zero-order valence-corrected chi connectivity index (χ0v) is 16.8. The molecule has 33 heavy (non-hydrogen) atoms. The van der Waals surface area contributed by atoms with Crippen LogP contribution in [0.2, 0.25) is 0 Å². The van der Waals surface area contributed by atoms with Crippen LogP contribution in [-0.4, -0.2) is 29.2 Å². The molecule has 1 aliphatic heterocycles. The second-order valence-electron chi connectivity index (χ2n) is 6.64. The fourth-order valence-corrected chi connectivity index (χ4v) is 2.87. The van der Waals surface area contributed by atoms with Gasteiger partial charge < -0.3 is 21.1 Å². The number of nitrogens with two attached hydrogens (primary N) is 2. The van der Waals surface area contributed by atoms with Crippen LogP contribution in [0.15, 0.2) is 60.0 Å². The lowest BCUT2D eigenvalue weighted by molar-refractivity contribution is -0.0902. The normalized spacial score (nSPS) is 17.2. The predicted octanol–water partition coefficient (Wildman–Crippen LogP) is 3.22. The summed E-state index contributed by atoms with van der Waals surface area (Å²) < 4.78 is 67.7. The van der Waals surface area contributed by atoms with Gasteiger partial charge in [0.15, 0.2) is 11.9 Å². The molecule has 8 nitrogen and oxygen atoms in total. The fraction of sp³-hybridized carbons (Fsp3) is 0.143. The summed E-state index contributed by atoms with van der Waals surface area (Å²) in [6.07, 6.45) is 4.01. The number of epoxide rings is 1. The van der Waals surface area contributed by atoms with Gasteiger partial charge in [0, 0.05) is 29.5 Å². The fourth-order valence-electron chi connectivity index (χ4n) is 2.87. The van der Waals surface area contributed by atoms with E-state index < -0.39 is 41.0 Å². The minimum atomic E-state index is -3.67. The topological polar surface area (TPSA) is 129 Å². The molecular formula is C21H17F4N5O3. The first-order chi connectivity index (χ1) is 15.8. The number of nitrogens with zero attached hydrogens (tertiary/aromatic N) is 3. The Labute approximate surface area is 184 Å². The zero-order chi connectivity index (χ0) is 24.1. The van der Waals surface area contributed by atoms with Crippen molar-refractivity contribution in [3.8, 4) is 11.6 Å². The number of aromatic nitrogens is 2. The van der Waals surface area contributed by atoms with Crippen molar-refractivity contribution < 1.29 is 31.8 Å². The van der Waals surface area contributed by atoms with Gasteiger partial charge in [-0.3, -0.25) is 9.78 Å². The summed E-state index contributed by atoms with van der Waals surface area (Å²) in [4.78, 5) is 18.2. The average molecular weight is 463 g/mol. The highest BCUT2D eigenvalue weighted by atomic mass is 19.3. The maximum atomic E-state index is 15.1. The molecule has 0 spiro atoms. The number of benzene rings is 1. The van der Waals surface area contributed by atoms with E-state index >= 15 is 8.78 Å². The second-order valence-corrected chi connectivity index (χ2v) is 6.64. The van der Waals surface area contributed by atoms with Gasteiger partial charge in [0.1, 0.15) is 29.4 Å². The SMILES string of the molecule is N/C=N\N.O=Cc1ccc(Oc2ccc(C(F)(F)C3(c4ccc(F)cc4F)CO3)nc2)nc1. The third-order valence-electron chi connectivity index (χ3n) is 4.57. The lowest BCUT2D eigenvalue weighted by Gasteiger charge is -2.24. The van der Waals surface area contributed by atoms with Gasteiger partial charge >= 0.3 is 5.92 Å². The Morgan fingerprint density at radius 1 is 1.12 bits per heavy atom. The van der Waals surface area contributed by atoms with Crippen molar-refractivity contribution in [3.05, 3.63) is 83.3 Å². The Kier molecular flexibility index (Phi) is 6.87. The number of ether oxygens (including phenoxy) is 2. The van der Waals surface area contributed by atoms with Gasteiger partial charge in [0.25, 0.3) is 0 Å². The number of carbonyl (C=O) groups excluding carboxylic acids is 1. The van der Waals surface area contributed by atoms with E-state index in [4.69, 9.17) is 9.47 Å². The van der Waals surface area contributed by atoms with Crippen molar-refractivity contribution in [1.82, 2.24) is 9.97 Å². The molecule has 1 atom stereocenters. The summed E-state index contributed by atoms with van der Waals surface area (Å²) in [6.45, 7) is -0.435. The Morgan fingerprint density at radius 3 is 2.33 bits per heavy atom. The molecule has 0 bridgehead atoms. The average Bonchev–Trinajstić information content (AvgIpc) is 3.62. The van der Waals surface area contributed by atoms with Crippen LogP contribution < -0.4 is 16.3 Å². The molecule has 3 heterocycles. The Bertz CT molecular complexity index is 1130. The molecule has 1 saturated heterocycles. The van der Waals surface area contributed by atoms with Crippen molar-refractivity contribution >= 4 is 12.6 Å². The second kappa shape index (κ2) is 9.61. The van der Waals surface area contributed by atoms with E-state index in [1.54, 1.807) is 0 Å². The summed E-state index contributed by atoms with van der Waals surface area (Å²) in [5.74, 6) is -0.915. The minimum Gasteiger partial charge on any atom is -0.437 e. The molecule has 0 amide bonds. The first-order valence-electron chi connectivity index (χ1n) is 9.24. The largest absolute Gasteiger partial charge is 0.437 e. The molecule has 1 aromatic carbocycles. The van der Waals surface area contributed by atoms with Gasteiger partial charge in [-0.25, -0.2) is 13.8 Å². The molecule has 4 rings (SSSR count). The van der Waals surface area contributed by atoms with E-state index in [0.29, 0.717) is 17.9 Å². The molecule has 4 N–H and O–H groups in total. The molecule has 1 unspecified atom stereocenters. The van der Waals surface area contributed by atoms with E-state index in [9.17, 15) is 13.6 Å². The summed E-state index contributed by atoms with van der Waals surface area (Å²) in [6, 6.07) is 7.57. The maximum absolute atomic E-state index is 15.1. The quantitative estimate of drug-likeness (QED) is 0.109. The van der Waals surface area contributed by atoms with Gasteiger partial charge in [0.05, 0.1) is 12.8 Å². The summed E-state index contributed by atoms with van der Waals surface area (Å²) in [5, 5.41) is 2.89. The number of carbonyl (C=O) groups is 1. The van der Waals surface area contributed by atoms with Crippen LogP contribution in [-0.2, 0) is 16.3 Å². The van der Waals surface area contributed by atoms with Crippen molar-refractivity contribution in [2.75, 3.05) is 6.61 Å². The minimum absolute atomic E-state index is 0.134. The summed E-state index contributed by atoms with van der Waals surface area (Å²) >= 11 is 0. The molecule has 0 saturated carbocycles. The number of aldehydes is 1. The van der Waals surface area contributed by atoms with Gasteiger partial charge in [0.2, 0.25) is 5.88 Å². The van der Waals surface area contributed by atoms with E-state index in [1.807, 2.05) is 0 Å². The number of hydrogen-bond donors (Lipinski definition) is 2. The molecule has 0 radical (unpaired) electrons. The van der Waals surface area contributed by atoms with Crippen LogP contribution in [0, 0.1) is 11.6 Å². The first-order valence-corrected chi connectivity index (χ1v) is 9.24. The monoisotopic (exact) mass is 463 g/mol. The number of hydrazone groups is 1. The van der Waals surface area contributed by atoms with Crippen molar-refractivity contribution in [3.63, 3.8) is 0 Å². The molecule has 172 valence electrons. The Balaban J connectivity index is 0.000000709. The van der Waals surface area contributed by atoms with Crippen LogP contribution >= 0.6 is 0 Å². The molecule has 12 heteroatoms. The summed E-state index contributed by atoms with van der Waals surface area (Å²) in [7, 11) is 0. The zero-order valence-electron chi connectivity index (χ0n) is 16.8. The van der Waals surface area contributed by atoms with Gasteiger partial charge in [-0.1, -0.05) is 0 Å². The third-order valence-corrected chi connectivity index (χ3v) is 4.57. The van der Waals surface area contributed by atoms with E-state index in [-0.39, 0.29) is 11.6 Å². The number of alkyl halides is 2. The number of hydrogen-bond acceptors (Lipinski definition) is 7. The third kappa shape index (κ3) is 4.90. The van der Waals surface area contributed by atoms with E-state index in [2.05, 4.69) is 26.6 Å². The molecule has 3 aromatic rings. The smallest absolute Gasteiger partial charge is 0.324 e. The van der Waals surface area contributed by atoms with Crippen LogP contribution in [0.4, 0.5) is 17.6 Å². The number of pyridine rings is 2. The molecule has 1 fully saturated rings. The van der Waals surface area contributed by atoms with Crippen LogP contribution in [0.25, 0.3) is 0 Å². The van der Waals surface area contributed by atoms with Crippen LogP contribution in [0.5, 0.6) is 11.6 Å². The predicted molar refractivity (Wildman–Crippen MR) is 109 cm³/mol. The van der Waals surface area contributed by atoms with Crippen molar-refractivity contribution in [2.45, 2.75) is 11.5 Å².